The van der Waals surface area contributed by atoms with E-state index in [1.807, 2.05) is 31.3 Å². The van der Waals surface area contributed by atoms with Gasteiger partial charge in [-0.05, 0) is 43.3 Å². The van der Waals surface area contributed by atoms with E-state index < -0.39 is 0 Å². The molecule has 2 aromatic rings. The molecule has 1 aromatic heterocycles. The molecule has 1 atom stereocenters. The highest BCUT2D eigenvalue weighted by atomic mass is 35.5. The molecule has 0 amide bonds. The zero-order valence-corrected chi connectivity index (χ0v) is 11.5. The molecule has 2 rings (SSSR count). The number of nitrogens with one attached hydrogen (secondary N) is 1. The first kappa shape index (κ1) is 14.0. The fraction of sp³-hybridized carbons (Fsp3) is 0.267. The van der Waals surface area contributed by atoms with Crippen LogP contribution in [-0.2, 0) is 12.8 Å². The molecule has 0 bridgehead atoms. The Morgan fingerprint density at radius 3 is 2.74 bits per heavy atom. The molecule has 1 aromatic carbocycles. The lowest BCUT2D eigenvalue weighted by atomic mass is 10.0. The van der Waals surface area contributed by atoms with E-state index in [1.165, 1.54) is 6.07 Å². The molecular weight excluding hydrogens is 263 g/mol. The van der Waals surface area contributed by atoms with Crippen molar-refractivity contribution in [2.45, 2.75) is 18.9 Å². The van der Waals surface area contributed by atoms with Crippen LogP contribution < -0.4 is 5.32 Å². The normalized spacial score (nSPS) is 12.4. The number of nitrogens with zero attached hydrogens (tertiary/aromatic N) is 1. The Kier molecular flexibility index (Phi) is 4.88. The monoisotopic (exact) mass is 278 g/mol. The van der Waals surface area contributed by atoms with E-state index in [1.54, 1.807) is 12.3 Å². The molecule has 0 saturated carbocycles. The minimum Gasteiger partial charge on any atom is -0.316 e. The van der Waals surface area contributed by atoms with Gasteiger partial charge in [-0.25, -0.2) is 4.39 Å². The van der Waals surface area contributed by atoms with Crippen LogP contribution >= 0.6 is 11.6 Å². The predicted octanol–water partition coefficient (Wildman–Crippen LogP) is 3.25. The highest BCUT2D eigenvalue weighted by Crippen LogP contribution is 2.17. The van der Waals surface area contributed by atoms with Gasteiger partial charge >= 0.3 is 0 Å². The van der Waals surface area contributed by atoms with Gasteiger partial charge in [-0.15, -0.1) is 0 Å². The summed E-state index contributed by atoms with van der Waals surface area (Å²) in [5.41, 5.74) is 1.95. The lowest BCUT2D eigenvalue weighted by Gasteiger charge is -2.16. The molecule has 0 aliphatic rings. The average Bonchev–Trinajstić information content (AvgIpc) is 2.43. The fourth-order valence-electron chi connectivity index (χ4n) is 2.00. The molecule has 19 heavy (non-hydrogen) atoms. The molecule has 4 heteroatoms. The van der Waals surface area contributed by atoms with Crippen LogP contribution in [0, 0.1) is 5.82 Å². The summed E-state index contributed by atoms with van der Waals surface area (Å²) in [7, 11) is 1.90. The fourth-order valence-corrected chi connectivity index (χ4v) is 2.12. The number of aromatic nitrogens is 1. The van der Waals surface area contributed by atoms with Gasteiger partial charge in [0.25, 0.3) is 0 Å². The molecule has 1 N–H and O–H groups in total. The Morgan fingerprint density at radius 1 is 1.26 bits per heavy atom. The predicted molar refractivity (Wildman–Crippen MR) is 75.9 cm³/mol. The van der Waals surface area contributed by atoms with Crippen molar-refractivity contribution in [1.82, 2.24) is 10.3 Å². The second kappa shape index (κ2) is 6.64. The van der Waals surface area contributed by atoms with Gasteiger partial charge in [0.1, 0.15) is 5.82 Å². The largest absolute Gasteiger partial charge is 0.316 e. The molecule has 0 spiro atoms. The third-order valence-corrected chi connectivity index (χ3v) is 3.36. The summed E-state index contributed by atoms with van der Waals surface area (Å²) < 4.78 is 13.4. The third-order valence-electron chi connectivity index (χ3n) is 3.06. The van der Waals surface area contributed by atoms with Crippen LogP contribution in [0.25, 0.3) is 0 Å². The van der Waals surface area contributed by atoms with Crippen LogP contribution in [0.2, 0.25) is 5.02 Å². The first-order valence-electron chi connectivity index (χ1n) is 6.20. The molecule has 0 radical (unpaired) electrons. The van der Waals surface area contributed by atoms with Crippen LogP contribution in [-0.4, -0.2) is 18.1 Å². The molecular formula is C15H16ClFN2. The van der Waals surface area contributed by atoms with E-state index in [2.05, 4.69) is 10.3 Å². The minimum atomic E-state index is -0.369. The second-order valence-corrected chi connectivity index (χ2v) is 4.87. The summed E-state index contributed by atoms with van der Waals surface area (Å²) in [4.78, 5) is 4.30. The number of hydrogen-bond donors (Lipinski definition) is 1. The lowest BCUT2D eigenvalue weighted by Crippen LogP contribution is -2.30. The Labute approximate surface area is 117 Å². The number of rotatable bonds is 5. The van der Waals surface area contributed by atoms with Gasteiger partial charge in [0, 0.05) is 24.4 Å². The zero-order valence-electron chi connectivity index (χ0n) is 10.7. The maximum atomic E-state index is 13.4. The quantitative estimate of drug-likeness (QED) is 0.908. The van der Waals surface area contributed by atoms with Crippen molar-refractivity contribution >= 4 is 11.6 Å². The molecule has 1 unspecified atom stereocenters. The van der Waals surface area contributed by atoms with Gasteiger partial charge < -0.3 is 5.32 Å². The maximum Gasteiger partial charge on any atom is 0.142 e. The number of pyridine rings is 1. The summed E-state index contributed by atoms with van der Waals surface area (Å²) in [5.74, 6) is -0.369. The van der Waals surface area contributed by atoms with Crippen molar-refractivity contribution in [3.63, 3.8) is 0 Å². The SMILES string of the molecule is CNC(Cc1ccc(Cl)c(F)c1)Cc1ccccn1. The van der Waals surface area contributed by atoms with Gasteiger partial charge in [0.2, 0.25) is 0 Å². The number of likely N-dealkylation sites (N-methyl/N-ethyl adjacent to an activating group) is 1. The van der Waals surface area contributed by atoms with Gasteiger partial charge in [0.05, 0.1) is 5.02 Å². The second-order valence-electron chi connectivity index (χ2n) is 4.46. The first-order chi connectivity index (χ1) is 9.19. The maximum absolute atomic E-state index is 13.4. The van der Waals surface area contributed by atoms with Gasteiger partial charge in [-0.2, -0.15) is 0 Å². The van der Waals surface area contributed by atoms with E-state index in [0.29, 0.717) is 0 Å². The van der Waals surface area contributed by atoms with E-state index in [9.17, 15) is 4.39 Å². The zero-order chi connectivity index (χ0) is 13.7. The highest BCUT2D eigenvalue weighted by molar-refractivity contribution is 6.30. The molecule has 0 saturated heterocycles. The molecule has 100 valence electrons. The van der Waals surface area contributed by atoms with Crippen molar-refractivity contribution in [2.75, 3.05) is 7.05 Å². The Morgan fingerprint density at radius 2 is 2.11 bits per heavy atom. The van der Waals surface area contributed by atoms with E-state index in [4.69, 9.17) is 11.6 Å². The van der Waals surface area contributed by atoms with E-state index in [0.717, 1.165) is 24.1 Å². The third kappa shape index (κ3) is 4.01. The smallest absolute Gasteiger partial charge is 0.142 e. The van der Waals surface area contributed by atoms with Crippen molar-refractivity contribution in [2.24, 2.45) is 0 Å². The minimum absolute atomic E-state index is 0.162. The van der Waals surface area contributed by atoms with Crippen LogP contribution in [0.5, 0.6) is 0 Å². The molecule has 2 nitrogen and oxygen atoms in total. The van der Waals surface area contributed by atoms with Crippen LogP contribution in [0.3, 0.4) is 0 Å². The summed E-state index contributed by atoms with van der Waals surface area (Å²) >= 11 is 5.68. The van der Waals surface area contributed by atoms with E-state index >= 15 is 0 Å². The standard InChI is InChI=1S/C15H16ClFN2/c1-18-13(10-12-4-2-3-7-19-12)8-11-5-6-14(16)15(17)9-11/h2-7,9,13,18H,8,10H2,1H3. The summed E-state index contributed by atoms with van der Waals surface area (Å²) in [5, 5.41) is 3.40. The lowest BCUT2D eigenvalue weighted by molar-refractivity contribution is 0.547. The van der Waals surface area contributed by atoms with Crippen molar-refractivity contribution < 1.29 is 4.39 Å². The average molecular weight is 279 g/mol. The number of benzene rings is 1. The van der Waals surface area contributed by atoms with Gasteiger partial charge in [-0.1, -0.05) is 23.7 Å². The van der Waals surface area contributed by atoms with Gasteiger partial charge in [0.15, 0.2) is 0 Å². The highest BCUT2D eigenvalue weighted by Gasteiger charge is 2.10. The van der Waals surface area contributed by atoms with Crippen molar-refractivity contribution in [3.8, 4) is 0 Å². The van der Waals surface area contributed by atoms with E-state index in [-0.39, 0.29) is 16.9 Å². The number of hydrogen-bond acceptors (Lipinski definition) is 2. The van der Waals surface area contributed by atoms with Crippen molar-refractivity contribution in [3.05, 3.63) is 64.7 Å². The summed E-state index contributed by atoms with van der Waals surface area (Å²) in [6.07, 6.45) is 3.33. The Bertz CT molecular complexity index is 531. The molecule has 0 aliphatic heterocycles. The Hall–Kier alpha value is -1.45. The molecule has 1 heterocycles. The Balaban J connectivity index is 2.04. The van der Waals surface area contributed by atoms with Gasteiger partial charge in [-0.3, -0.25) is 4.98 Å². The molecule has 0 fully saturated rings. The number of halogens is 2. The van der Waals surface area contributed by atoms with Crippen LogP contribution in [0.4, 0.5) is 4.39 Å². The summed E-state index contributed by atoms with van der Waals surface area (Å²) in [6.45, 7) is 0. The van der Waals surface area contributed by atoms with Crippen LogP contribution in [0.15, 0.2) is 42.6 Å². The van der Waals surface area contributed by atoms with Crippen molar-refractivity contribution in [1.29, 1.82) is 0 Å². The topological polar surface area (TPSA) is 24.9 Å². The molecule has 0 aliphatic carbocycles. The van der Waals surface area contributed by atoms with Crippen LogP contribution in [0.1, 0.15) is 11.3 Å². The first-order valence-corrected chi connectivity index (χ1v) is 6.58. The summed E-state index contributed by atoms with van der Waals surface area (Å²) in [6, 6.07) is 11.0.